The van der Waals surface area contributed by atoms with E-state index in [0.717, 1.165) is 24.5 Å². The van der Waals surface area contributed by atoms with Crippen molar-refractivity contribution in [1.82, 2.24) is 15.1 Å². The van der Waals surface area contributed by atoms with E-state index in [2.05, 4.69) is 17.5 Å². The van der Waals surface area contributed by atoms with E-state index in [1.807, 2.05) is 11.7 Å². The topological polar surface area (TPSA) is 39.1 Å². The molecule has 0 aromatic carbocycles. The fourth-order valence-electron chi connectivity index (χ4n) is 2.30. The molecule has 1 aliphatic carbocycles. The second-order valence-electron chi connectivity index (χ2n) is 4.55. The van der Waals surface area contributed by atoms with Crippen molar-refractivity contribution >= 4 is 0 Å². The van der Waals surface area contributed by atoms with Gasteiger partial charge in [0.1, 0.15) is 0 Å². The van der Waals surface area contributed by atoms with Gasteiger partial charge in [0.2, 0.25) is 0 Å². The average molecular weight is 223 g/mol. The molecule has 1 fully saturated rings. The highest BCUT2D eigenvalue weighted by Gasteiger charge is 2.30. The van der Waals surface area contributed by atoms with Crippen LogP contribution in [0.2, 0.25) is 0 Å². The van der Waals surface area contributed by atoms with Crippen molar-refractivity contribution in [2.45, 2.75) is 31.7 Å². The zero-order valence-corrected chi connectivity index (χ0v) is 10.4. The molecular formula is C12H21N3O. The van der Waals surface area contributed by atoms with E-state index in [1.54, 1.807) is 13.3 Å². The second kappa shape index (κ2) is 4.87. The quantitative estimate of drug-likeness (QED) is 0.791. The molecule has 1 atom stereocenters. The third kappa shape index (κ3) is 2.38. The molecule has 90 valence electrons. The number of nitrogens with one attached hydrogen (secondary N) is 1. The van der Waals surface area contributed by atoms with Gasteiger partial charge in [0, 0.05) is 13.1 Å². The highest BCUT2D eigenvalue weighted by molar-refractivity contribution is 5.25. The number of methoxy groups -OCH3 is 1. The normalized spacial score (nSPS) is 17.4. The Bertz CT molecular complexity index is 344. The first-order valence-electron chi connectivity index (χ1n) is 5.98. The van der Waals surface area contributed by atoms with Crippen LogP contribution in [0.3, 0.4) is 0 Å². The Kier molecular flexibility index (Phi) is 3.49. The molecule has 0 saturated heterocycles. The van der Waals surface area contributed by atoms with Crippen LogP contribution in [-0.2, 0) is 13.5 Å². The fraction of sp³-hybridized carbons (Fsp3) is 0.750. The molecule has 0 radical (unpaired) electrons. The van der Waals surface area contributed by atoms with E-state index in [9.17, 15) is 0 Å². The Morgan fingerprint density at radius 3 is 2.94 bits per heavy atom. The molecule has 0 aliphatic heterocycles. The van der Waals surface area contributed by atoms with Gasteiger partial charge in [0.25, 0.3) is 0 Å². The molecule has 1 N–H and O–H groups in total. The summed E-state index contributed by atoms with van der Waals surface area (Å²) in [6, 6.07) is 0.652. The van der Waals surface area contributed by atoms with Crippen LogP contribution >= 0.6 is 0 Å². The van der Waals surface area contributed by atoms with E-state index in [4.69, 9.17) is 4.74 Å². The molecule has 16 heavy (non-hydrogen) atoms. The first-order valence-corrected chi connectivity index (χ1v) is 5.98. The number of hydrogen-bond acceptors (Lipinski definition) is 3. The number of nitrogens with zero attached hydrogens (tertiary/aromatic N) is 2. The predicted octanol–water partition coefficient (Wildman–Crippen LogP) is 1.36. The Labute approximate surface area is 97.0 Å². The summed E-state index contributed by atoms with van der Waals surface area (Å²) in [5.41, 5.74) is 1.20. The van der Waals surface area contributed by atoms with Crippen molar-refractivity contribution < 1.29 is 4.74 Å². The van der Waals surface area contributed by atoms with Crippen LogP contribution in [0.15, 0.2) is 6.20 Å². The van der Waals surface area contributed by atoms with Gasteiger partial charge in [-0.05, 0) is 38.6 Å². The Balaban J connectivity index is 1.94. The maximum atomic E-state index is 5.30. The van der Waals surface area contributed by atoms with Gasteiger partial charge >= 0.3 is 0 Å². The van der Waals surface area contributed by atoms with Gasteiger partial charge in [-0.15, -0.1) is 0 Å². The van der Waals surface area contributed by atoms with Crippen LogP contribution in [0, 0.1) is 5.92 Å². The van der Waals surface area contributed by atoms with Gasteiger partial charge in [-0.25, -0.2) is 0 Å². The standard InChI is InChI=1S/C12H21N3O/c1-13-10(9-4-5-9)6-7-11-12(16-3)8-14-15(11)2/h8-10,13H,4-7H2,1-3H3. The molecule has 1 aromatic heterocycles. The van der Waals surface area contributed by atoms with Crippen molar-refractivity contribution in [2.24, 2.45) is 13.0 Å². The smallest absolute Gasteiger partial charge is 0.159 e. The molecule has 1 unspecified atom stereocenters. The average Bonchev–Trinajstić information content (AvgIpc) is 3.06. The summed E-state index contributed by atoms with van der Waals surface area (Å²) >= 11 is 0. The third-order valence-corrected chi connectivity index (χ3v) is 3.50. The monoisotopic (exact) mass is 223 g/mol. The molecule has 4 nitrogen and oxygen atoms in total. The van der Waals surface area contributed by atoms with Gasteiger partial charge in [-0.3, -0.25) is 4.68 Å². The lowest BCUT2D eigenvalue weighted by Crippen LogP contribution is -2.28. The summed E-state index contributed by atoms with van der Waals surface area (Å²) < 4.78 is 7.22. The van der Waals surface area contributed by atoms with E-state index in [-0.39, 0.29) is 0 Å². The van der Waals surface area contributed by atoms with Crippen LogP contribution in [0.5, 0.6) is 5.75 Å². The summed E-state index contributed by atoms with van der Waals surface area (Å²) in [6.45, 7) is 0. The van der Waals surface area contributed by atoms with Gasteiger partial charge in [0.05, 0.1) is 19.0 Å². The molecular weight excluding hydrogens is 202 g/mol. The first kappa shape index (κ1) is 11.5. The van der Waals surface area contributed by atoms with E-state index in [1.165, 1.54) is 18.5 Å². The summed E-state index contributed by atoms with van der Waals surface area (Å²) in [5.74, 6) is 1.80. The van der Waals surface area contributed by atoms with Gasteiger partial charge in [-0.1, -0.05) is 0 Å². The largest absolute Gasteiger partial charge is 0.493 e. The minimum absolute atomic E-state index is 0.652. The van der Waals surface area contributed by atoms with Gasteiger partial charge in [-0.2, -0.15) is 5.10 Å². The lowest BCUT2D eigenvalue weighted by Gasteiger charge is -2.15. The molecule has 0 spiro atoms. The second-order valence-corrected chi connectivity index (χ2v) is 4.55. The van der Waals surface area contributed by atoms with E-state index >= 15 is 0 Å². The Morgan fingerprint density at radius 1 is 1.62 bits per heavy atom. The van der Waals surface area contributed by atoms with Crippen LogP contribution in [0.4, 0.5) is 0 Å². The SMILES string of the molecule is CNC(CCc1c(OC)cnn1C)C1CC1. The van der Waals surface area contributed by atoms with Crippen LogP contribution in [0.1, 0.15) is 25.0 Å². The van der Waals surface area contributed by atoms with Crippen LogP contribution < -0.4 is 10.1 Å². The highest BCUT2D eigenvalue weighted by Crippen LogP contribution is 2.34. The number of aryl methyl sites for hydroxylation is 1. The lowest BCUT2D eigenvalue weighted by atomic mass is 10.1. The Hall–Kier alpha value is -1.03. The van der Waals surface area contributed by atoms with Gasteiger partial charge < -0.3 is 10.1 Å². The summed E-state index contributed by atoms with van der Waals surface area (Å²) in [7, 11) is 5.74. The molecule has 1 aromatic rings. The fourth-order valence-corrected chi connectivity index (χ4v) is 2.30. The third-order valence-electron chi connectivity index (χ3n) is 3.50. The number of aromatic nitrogens is 2. The molecule has 1 heterocycles. The maximum absolute atomic E-state index is 5.30. The minimum Gasteiger partial charge on any atom is -0.493 e. The van der Waals surface area contributed by atoms with Crippen molar-refractivity contribution in [3.05, 3.63) is 11.9 Å². The molecule has 4 heteroatoms. The minimum atomic E-state index is 0.652. The summed E-state index contributed by atoms with van der Waals surface area (Å²) in [4.78, 5) is 0. The first-order chi connectivity index (χ1) is 7.76. The predicted molar refractivity (Wildman–Crippen MR) is 63.7 cm³/mol. The number of hydrogen-bond donors (Lipinski definition) is 1. The summed E-state index contributed by atoms with van der Waals surface area (Å²) in [5, 5.41) is 7.64. The molecule has 0 bridgehead atoms. The zero-order valence-electron chi connectivity index (χ0n) is 10.4. The zero-order chi connectivity index (χ0) is 11.5. The van der Waals surface area contributed by atoms with Crippen molar-refractivity contribution in [2.75, 3.05) is 14.2 Å². The lowest BCUT2D eigenvalue weighted by molar-refractivity contribution is 0.402. The van der Waals surface area contributed by atoms with E-state index in [0.29, 0.717) is 6.04 Å². The molecule has 1 saturated carbocycles. The number of ether oxygens (including phenoxy) is 1. The van der Waals surface area contributed by atoms with Crippen LogP contribution in [-0.4, -0.2) is 30.0 Å². The van der Waals surface area contributed by atoms with Gasteiger partial charge in [0.15, 0.2) is 5.75 Å². The number of rotatable bonds is 6. The maximum Gasteiger partial charge on any atom is 0.159 e. The molecule has 1 aliphatic rings. The van der Waals surface area contributed by atoms with Crippen molar-refractivity contribution in [1.29, 1.82) is 0 Å². The molecule has 0 amide bonds. The highest BCUT2D eigenvalue weighted by atomic mass is 16.5. The van der Waals surface area contributed by atoms with Crippen LogP contribution in [0.25, 0.3) is 0 Å². The van der Waals surface area contributed by atoms with Crippen molar-refractivity contribution in [3.8, 4) is 5.75 Å². The molecule has 2 rings (SSSR count). The summed E-state index contributed by atoms with van der Waals surface area (Å²) in [6.07, 6.45) is 6.75. The van der Waals surface area contributed by atoms with E-state index < -0.39 is 0 Å². The van der Waals surface area contributed by atoms with Crippen molar-refractivity contribution in [3.63, 3.8) is 0 Å². The Morgan fingerprint density at radius 2 is 2.38 bits per heavy atom.